The minimum absolute atomic E-state index is 0.0316. The first kappa shape index (κ1) is 19.8. The average Bonchev–Trinajstić information content (AvgIpc) is 3.32. The zero-order chi connectivity index (χ0) is 21.3. The Bertz CT molecular complexity index is 1120. The number of aryl methyl sites for hydroxylation is 1. The first-order chi connectivity index (χ1) is 14.5. The van der Waals surface area contributed by atoms with Gasteiger partial charge in [-0.15, -0.1) is 0 Å². The van der Waals surface area contributed by atoms with Crippen LogP contribution < -0.4 is 19.7 Å². The molecule has 0 spiro atoms. The normalized spacial score (nSPS) is 13.7. The summed E-state index contributed by atoms with van der Waals surface area (Å²) in [4.78, 5) is 27.6. The van der Waals surface area contributed by atoms with E-state index in [0.29, 0.717) is 36.6 Å². The Morgan fingerprint density at radius 1 is 1.13 bits per heavy atom. The number of methoxy groups -OCH3 is 2. The minimum Gasteiger partial charge on any atom is -0.497 e. The molecule has 0 radical (unpaired) electrons. The number of rotatable bonds is 6. The first-order valence-corrected chi connectivity index (χ1v) is 9.92. The summed E-state index contributed by atoms with van der Waals surface area (Å²) in [5.74, 6) is 1.19. The summed E-state index contributed by atoms with van der Waals surface area (Å²) >= 11 is 0. The number of fused-ring (bicyclic) bond motifs is 1. The predicted molar refractivity (Wildman–Crippen MR) is 115 cm³/mol. The average molecular weight is 407 g/mol. The highest BCUT2D eigenvalue weighted by atomic mass is 16.5. The second-order valence-electron chi connectivity index (χ2n) is 7.28. The molecule has 0 aliphatic carbocycles. The standard InChI is InChI=1S/C23H25N3O4/c1-25-18-11-10-16(29-2)13-17(18)21(26-12-6-9-20(26)27)22(25)23(28)24-14-15-7-4-5-8-19(15)30-3/h4-5,7-8,10-11,13H,6,9,12,14H2,1-3H3,(H,24,28). The molecule has 3 aromatic rings. The molecule has 156 valence electrons. The number of hydrogen-bond donors (Lipinski definition) is 1. The number of ether oxygens (including phenoxy) is 2. The van der Waals surface area contributed by atoms with Crippen LogP contribution in [0.15, 0.2) is 42.5 Å². The van der Waals surface area contributed by atoms with Crippen molar-refractivity contribution in [3.63, 3.8) is 0 Å². The van der Waals surface area contributed by atoms with Crippen LogP contribution in [0.2, 0.25) is 0 Å². The number of anilines is 1. The van der Waals surface area contributed by atoms with Gasteiger partial charge in [0.15, 0.2) is 0 Å². The fourth-order valence-electron chi connectivity index (χ4n) is 4.06. The van der Waals surface area contributed by atoms with E-state index in [1.165, 1.54) is 0 Å². The Labute approximate surface area is 175 Å². The van der Waals surface area contributed by atoms with Gasteiger partial charge in [0, 0.05) is 37.5 Å². The van der Waals surface area contributed by atoms with Gasteiger partial charge >= 0.3 is 0 Å². The molecule has 2 aromatic carbocycles. The molecular weight excluding hydrogens is 382 g/mol. The number of amides is 2. The van der Waals surface area contributed by atoms with Crippen molar-refractivity contribution in [1.29, 1.82) is 0 Å². The summed E-state index contributed by atoms with van der Waals surface area (Å²) in [6.07, 6.45) is 1.27. The van der Waals surface area contributed by atoms with Crippen LogP contribution in [0, 0.1) is 0 Å². The number of benzene rings is 2. The molecule has 1 N–H and O–H groups in total. The number of hydrogen-bond acceptors (Lipinski definition) is 4. The van der Waals surface area contributed by atoms with Gasteiger partial charge in [-0.2, -0.15) is 0 Å². The van der Waals surface area contributed by atoms with Gasteiger partial charge in [0.2, 0.25) is 5.91 Å². The fourth-order valence-corrected chi connectivity index (χ4v) is 4.06. The molecule has 7 nitrogen and oxygen atoms in total. The molecule has 2 heterocycles. The van der Waals surface area contributed by atoms with Gasteiger partial charge in [-0.25, -0.2) is 0 Å². The van der Waals surface area contributed by atoms with Crippen LogP contribution in [0.3, 0.4) is 0 Å². The lowest BCUT2D eigenvalue weighted by atomic mass is 10.1. The minimum atomic E-state index is -0.242. The van der Waals surface area contributed by atoms with E-state index < -0.39 is 0 Å². The van der Waals surface area contributed by atoms with E-state index in [-0.39, 0.29) is 11.8 Å². The second-order valence-corrected chi connectivity index (χ2v) is 7.28. The third-order valence-corrected chi connectivity index (χ3v) is 5.57. The largest absolute Gasteiger partial charge is 0.497 e. The molecule has 0 saturated carbocycles. The van der Waals surface area contributed by atoms with Crippen LogP contribution in [0.25, 0.3) is 10.9 Å². The van der Waals surface area contributed by atoms with Crippen LogP contribution in [0.5, 0.6) is 11.5 Å². The Hall–Kier alpha value is -3.48. The molecule has 7 heteroatoms. The van der Waals surface area contributed by atoms with Crippen LogP contribution in [-0.4, -0.2) is 37.1 Å². The molecule has 2 amide bonds. The third kappa shape index (κ3) is 3.36. The van der Waals surface area contributed by atoms with Crippen LogP contribution in [-0.2, 0) is 18.4 Å². The molecule has 1 aromatic heterocycles. The van der Waals surface area contributed by atoms with E-state index in [4.69, 9.17) is 9.47 Å². The molecular formula is C23H25N3O4. The fraction of sp³-hybridized carbons (Fsp3) is 0.304. The van der Waals surface area contributed by atoms with Crippen molar-refractivity contribution in [3.05, 3.63) is 53.7 Å². The quantitative estimate of drug-likeness (QED) is 0.681. The Morgan fingerprint density at radius 3 is 2.63 bits per heavy atom. The van der Waals surface area contributed by atoms with E-state index in [1.54, 1.807) is 19.1 Å². The van der Waals surface area contributed by atoms with Crippen molar-refractivity contribution in [3.8, 4) is 11.5 Å². The highest BCUT2D eigenvalue weighted by Crippen LogP contribution is 2.37. The maximum atomic E-state index is 13.3. The summed E-state index contributed by atoms with van der Waals surface area (Å²) in [6, 6.07) is 13.2. The van der Waals surface area contributed by atoms with Crippen molar-refractivity contribution in [2.45, 2.75) is 19.4 Å². The molecule has 30 heavy (non-hydrogen) atoms. The first-order valence-electron chi connectivity index (χ1n) is 9.92. The van der Waals surface area contributed by atoms with Gasteiger partial charge < -0.3 is 24.3 Å². The lowest BCUT2D eigenvalue weighted by molar-refractivity contribution is -0.117. The van der Waals surface area contributed by atoms with Crippen molar-refractivity contribution < 1.29 is 19.1 Å². The number of carbonyl (C=O) groups is 2. The van der Waals surface area contributed by atoms with E-state index >= 15 is 0 Å². The van der Waals surface area contributed by atoms with Crippen LogP contribution >= 0.6 is 0 Å². The topological polar surface area (TPSA) is 72.8 Å². The second kappa shape index (κ2) is 8.10. The van der Waals surface area contributed by atoms with Gasteiger partial charge in [-0.1, -0.05) is 18.2 Å². The highest BCUT2D eigenvalue weighted by Gasteiger charge is 2.31. The molecule has 0 bridgehead atoms. The summed E-state index contributed by atoms with van der Waals surface area (Å²) in [7, 11) is 5.05. The molecule has 1 aliphatic rings. The highest BCUT2D eigenvalue weighted by molar-refractivity contribution is 6.14. The molecule has 0 atom stereocenters. The molecule has 1 saturated heterocycles. The van der Waals surface area contributed by atoms with Gasteiger partial charge in [0.05, 0.1) is 25.4 Å². The number of carbonyl (C=O) groups excluding carboxylic acids is 2. The SMILES string of the molecule is COc1ccc2c(c1)c(N1CCCC1=O)c(C(=O)NCc1ccccc1OC)n2C. The van der Waals surface area contributed by atoms with E-state index in [0.717, 1.165) is 28.6 Å². The lowest BCUT2D eigenvalue weighted by Crippen LogP contribution is -2.30. The van der Waals surface area contributed by atoms with Gasteiger partial charge in [0.1, 0.15) is 17.2 Å². The maximum Gasteiger partial charge on any atom is 0.270 e. The monoisotopic (exact) mass is 407 g/mol. The Morgan fingerprint density at radius 2 is 1.93 bits per heavy atom. The molecule has 0 unspecified atom stereocenters. The van der Waals surface area contributed by atoms with Crippen molar-refractivity contribution in [1.82, 2.24) is 9.88 Å². The Balaban J connectivity index is 1.76. The molecule has 1 aliphatic heterocycles. The van der Waals surface area contributed by atoms with Crippen molar-refractivity contribution in [2.75, 3.05) is 25.7 Å². The van der Waals surface area contributed by atoms with Gasteiger partial charge in [-0.3, -0.25) is 9.59 Å². The lowest BCUT2D eigenvalue weighted by Gasteiger charge is -2.18. The molecule has 4 rings (SSSR count). The van der Waals surface area contributed by atoms with Crippen LogP contribution in [0.4, 0.5) is 5.69 Å². The number of aromatic nitrogens is 1. The maximum absolute atomic E-state index is 13.3. The van der Waals surface area contributed by atoms with E-state index in [1.807, 2.05) is 54.1 Å². The van der Waals surface area contributed by atoms with E-state index in [9.17, 15) is 9.59 Å². The van der Waals surface area contributed by atoms with Gasteiger partial charge in [-0.05, 0) is 30.7 Å². The van der Waals surface area contributed by atoms with E-state index in [2.05, 4.69) is 5.32 Å². The van der Waals surface area contributed by atoms with Gasteiger partial charge in [0.25, 0.3) is 5.91 Å². The third-order valence-electron chi connectivity index (χ3n) is 5.57. The summed E-state index contributed by atoms with van der Waals surface area (Å²) in [5.41, 5.74) is 2.86. The zero-order valence-corrected chi connectivity index (χ0v) is 17.4. The number of nitrogens with zero attached hydrogens (tertiary/aromatic N) is 2. The summed E-state index contributed by atoms with van der Waals surface area (Å²) in [5, 5.41) is 3.82. The molecule has 1 fully saturated rings. The Kier molecular flexibility index (Phi) is 5.35. The predicted octanol–water partition coefficient (Wildman–Crippen LogP) is 3.25. The van der Waals surface area contributed by atoms with Crippen molar-refractivity contribution >= 4 is 28.4 Å². The number of nitrogens with one attached hydrogen (secondary N) is 1. The zero-order valence-electron chi connectivity index (χ0n) is 17.4. The van der Waals surface area contributed by atoms with Crippen molar-refractivity contribution in [2.24, 2.45) is 7.05 Å². The summed E-state index contributed by atoms with van der Waals surface area (Å²) < 4.78 is 12.6. The number of para-hydroxylation sites is 1. The smallest absolute Gasteiger partial charge is 0.270 e. The van der Waals surface area contributed by atoms with Crippen LogP contribution in [0.1, 0.15) is 28.9 Å². The summed E-state index contributed by atoms with van der Waals surface area (Å²) in [6.45, 7) is 0.920.